The van der Waals surface area contributed by atoms with Crippen molar-refractivity contribution in [1.82, 2.24) is 0 Å². The molecular formula is C50H40BCl4CuF4FeO2P2. The second kappa shape index (κ2) is 31.2. The van der Waals surface area contributed by atoms with Gasteiger partial charge in [-0.1, -0.05) is 178 Å². The van der Waals surface area contributed by atoms with E-state index in [9.17, 15) is 26.9 Å². The molecule has 0 bridgehead atoms. The van der Waals surface area contributed by atoms with Gasteiger partial charge in [0.05, 0.1) is 10.7 Å². The molecule has 0 fully saturated rings. The number of rotatable bonds is 6. The fourth-order valence-electron chi connectivity index (χ4n) is 6.31. The van der Waals surface area contributed by atoms with Crippen molar-refractivity contribution in [2.45, 2.75) is 0 Å². The Morgan fingerprint density at radius 1 is 0.446 bits per heavy atom. The summed E-state index contributed by atoms with van der Waals surface area (Å²) in [6.45, 7) is 0. The minimum absolute atomic E-state index is 0. The van der Waals surface area contributed by atoms with E-state index in [-0.39, 0.29) is 44.8 Å². The molecule has 0 N–H and O–H groups in total. The number of benzene rings is 6. The third-order valence-corrected chi connectivity index (χ3v) is 13.6. The summed E-state index contributed by atoms with van der Waals surface area (Å²) in [5.74, 6) is -0.816. The zero-order valence-electron chi connectivity index (χ0n) is 34.2. The SMILES string of the molecule is ClCCl.ClCCl.F[B-](F)(F)F.O=C1C(=O)c2ccccc2-c2ccccc21.[Cu+].[Fe+2].c1ccc(P(c2ccccc2)[c-]2cccc2)cc1.c1ccc(P(c2ccccc2)c2ccc[cH-]2)cc1. The number of halogens is 8. The van der Waals surface area contributed by atoms with Crippen LogP contribution in [0, 0.1) is 0 Å². The number of alkyl halides is 4. The topological polar surface area (TPSA) is 34.1 Å². The van der Waals surface area contributed by atoms with E-state index in [1.54, 1.807) is 24.3 Å². The average molecular weight is 1080 g/mol. The Morgan fingerprint density at radius 3 is 1.05 bits per heavy atom. The molecule has 0 aliphatic heterocycles. The number of carbonyl (C=O) groups excluding carboxylic acids is 2. The van der Waals surface area contributed by atoms with Crippen LogP contribution in [0.1, 0.15) is 20.7 Å². The second-order valence-corrected chi connectivity index (χ2v) is 18.8. The van der Waals surface area contributed by atoms with Crippen molar-refractivity contribution in [2.24, 2.45) is 0 Å². The maximum absolute atomic E-state index is 11.8. The van der Waals surface area contributed by atoms with E-state index >= 15 is 0 Å². The van der Waals surface area contributed by atoms with E-state index < -0.39 is 34.7 Å². The van der Waals surface area contributed by atoms with Gasteiger partial charge >= 0.3 is 41.4 Å². The molecule has 2 nitrogen and oxygen atoms in total. The van der Waals surface area contributed by atoms with E-state index in [1.807, 2.05) is 24.3 Å². The van der Waals surface area contributed by atoms with Gasteiger partial charge in [-0.2, -0.15) is 24.3 Å². The molecule has 1 aliphatic carbocycles. The van der Waals surface area contributed by atoms with Crippen molar-refractivity contribution in [2.75, 3.05) is 10.7 Å². The molecule has 340 valence electrons. The predicted molar refractivity (Wildman–Crippen MR) is 265 cm³/mol. The Balaban J connectivity index is 0.000000297. The van der Waals surface area contributed by atoms with Crippen LogP contribution in [0.2, 0.25) is 0 Å². The number of fused-ring (bicyclic) bond motifs is 3. The van der Waals surface area contributed by atoms with E-state index in [4.69, 9.17) is 46.4 Å². The monoisotopic (exact) mass is 1080 g/mol. The molecule has 0 aromatic heterocycles. The summed E-state index contributed by atoms with van der Waals surface area (Å²) in [4.78, 5) is 23.7. The summed E-state index contributed by atoms with van der Waals surface area (Å²) in [5.41, 5.74) is 2.71. The van der Waals surface area contributed by atoms with Gasteiger partial charge in [0, 0.05) is 11.1 Å². The normalized spacial score (nSPS) is 10.7. The zero-order chi connectivity index (χ0) is 45.5. The van der Waals surface area contributed by atoms with Gasteiger partial charge in [0.1, 0.15) is 0 Å². The van der Waals surface area contributed by atoms with Gasteiger partial charge in [0.25, 0.3) is 0 Å². The van der Waals surface area contributed by atoms with Crippen molar-refractivity contribution < 1.29 is 61.0 Å². The number of Topliss-reactive ketones (excluding diaryl/α,β-unsaturated/α-hetero) is 2. The van der Waals surface area contributed by atoms with Gasteiger partial charge in [-0.25, -0.2) is 24.3 Å². The van der Waals surface area contributed by atoms with Crippen LogP contribution in [0.4, 0.5) is 17.3 Å². The standard InChI is InChI=1S/2C17H14P.C14H8O2.2CH2Cl2.BF4.Cu.Fe/c2*1-3-9-15(10-4-1)18(17-13-7-8-14-17)16-11-5-2-6-12-16;15-13-11-7-3-1-5-9(11)10-6-2-4-8-12(10)14(13)16;2*2-1-3;2-1(3,4)5;;/h2*1-14H;1-8H;2*1H2;;;/q2*-1;;;;-1;+1;+2. The Kier molecular flexibility index (Phi) is 27.5. The zero-order valence-corrected chi connectivity index (χ0v) is 41.0. The summed E-state index contributed by atoms with van der Waals surface area (Å²) >= 11 is 19.1. The summed E-state index contributed by atoms with van der Waals surface area (Å²) in [5, 5.41) is 8.86. The number of ketones is 2. The molecule has 0 unspecified atom stereocenters. The first kappa shape index (κ1) is 57.3. The number of hydrogen-bond donors (Lipinski definition) is 0. The van der Waals surface area contributed by atoms with Crippen LogP contribution in [0.25, 0.3) is 11.1 Å². The first-order valence-electron chi connectivity index (χ1n) is 19.1. The first-order chi connectivity index (χ1) is 30.5. The van der Waals surface area contributed by atoms with Crippen LogP contribution >= 0.6 is 62.2 Å². The maximum atomic E-state index is 11.8. The van der Waals surface area contributed by atoms with Gasteiger partial charge in [-0.05, 0) is 40.3 Å². The quantitative estimate of drug-likeness (QED) is 0.0415. The fourth-order valence-corrected chi connectivity index (χ4v) is 10.9. The van der Waals surface area contributed by atoms with Crippen molar-refractivity contribution >= 4 is 113 Å². The minimum Gasteiger partial charge on any atom is -0.418 e. The Hall–Kier alpha value is -3.80. The van der Waals surface area contributed by atoms with Crippen molar-refractivity contribution in [3.05, 3.63) is 230 Å². The number of carbonyl (C=O) groups is 2. The molecule has 1 aliphatic rings. The second-order valence-electron chi connectivity index (χ2n) is 12.7. The van der Waals surface area contributed by atoms with Crippen LogP contribution < -0.4 is 31.8 Å². The van der Waals surface area contributed by atoms with Gasteiger partial charge in [-0.3, -0.25) is 9.59 Å². The van der Waals surface area contributed by atoms with Gasteiger partial charge in [0.15, 0.2) is 0 Å². The molecular weight excluding hydrogens is 1040 g/mol. The predicted octanol–water partition coefficient (Wildman–Crippen LogP) is 13.2. The molecule has 8 aromatic rings. The van der Waals surface area contributed by atoms with Crippen LogP contribution in [0.5, 0.6) is 0 Å². The molecule has 0 atom stereocenters. The van der Waals surface area contributed by atoms with Crippen molar-refractivity contribution in [1.29, 1.82) is 0 Å². The molecule has 0 amide bonds. The maximum Gasteiger partial charge on any atom is 2.00 e. The first-order valence-corrected chi connectivity index (χ1v) is 24.0. The molecule has 15 heteroatoms. The van der Waals surface area contributed by atoms with E-state index in [2.05, 4.69) is 170 Å². The van der Waals surface area contributed by atoms with Crippen LogP contribution in [0.3, 0.4) is 0 Å². The van der Waals surface area contributed by atoms with Crippen LogP contribution in [-0.4, -0.2) is 29.5 Å². The summed E-state index contributed by atoms with van der Waals surface area (Å²) < 4.78 is 39.0. The molecule has 65 heavy (non-hydrogen) atoms. The molecule has 0 radical (unpaired) electrons. The Labute approximate surface area is 422 Å². The molecule has 0 heterocycles. The third kappa shape index (κ3) is 18.8. The Morgan fingerprint density at radius 2 is 0.738 bits per heavy atom. The number of hydrogen-bond acceptors (Lipinski definition) is 2. The summed E-state index contributed by atoms with van der Waals surface area (Å²) in [6.07, 6.45) is 0. The van der Waals surface area contributed by atoms with E-state index in [1.165, 1.54) is 31.8 Å². The smallest absolute Gasteiger partial charge is 0.418 e. The van der Waals surface area contributed by atoms with Gasteiger partial charge in [-0.15, -0.1) is 57.0 Å². The van der Waals surface area contributed by atoms with E-state index in [0.717, 1.165) is 11.1 Å². The molecule has 0 spiro atoms. The Bertz CT molecular complexity index is 2260. The summed E-state index contributed by atoms with van der Waals surface area (Å²) in [6, 6.07) is 74.9. The van der Waals surface area contributed by atoms with Crippen LogP contribution in [0.15, 0.2) is 218 Å². The molecule has 0 saturated carbocycles. The van der Waals surface area contributed by atoms with Gasteiger partial charge < -0.3 is 17.3 Å². The average Bonchev–Trinajstić information content (AvgIpc) is 4.04. The van der Waals surface area contributed by atoms with E-state index in [0.29, 0.717) is 11.1 Å². The van der Waals surface area contributed by atoms with Crippen molar-refractivity contribution in [3.63, 3.8) is 0 Å². The molecule has 8 aromatic carbocycles. The largest absolute Gasteiger partial charge is 2.00 e. The molecule has 9 rings (SSSR count). The fraction of sp³-hybridized carbons (Fsp3) is 0.0400. The van der Waals surface area contributed by atoms with Crippen molar-refractivity contribution in [3.8, 4) is 11.1 Å². The van der Waals surface area contributed by atoms with Gasteiger partial charge in [0.2, 0.25) is 11.6 Å². The third-order valence-electron chi connectivity index (χ3n) is 8.70. The minimum atomic E-state index is -6.00. The van der Waals surface area contributed by atoms with Crippen LogP contribution in [-0.2, 0) is 34.1 Å². The molecule has 0 saturated heterocycles. The summed E-state index contributed by atoms with van der Waals surface area (Å²) in [7, 11) is -6.82.